The van der Waals surface area contributed by atoms with Gasteiger partial charge in [-0.2, -0.15) is 0 Å². The summed E-state index contributed by atoms with van der Waals surface area (Å²) < 4.78 is 0. The van der Waals surface area contributed by atoms with Crippen LogP contribution in [0.1, 0.15) is 57.2 Å². The van der Waals surface area contributed by atoms with E-state index in [1.54, 1.807) is 11.3 Å². The van der Waals surface area contributed by atoms with Gasteiger partial charge in [-0.3, -0.25) is 4.79 Å². The van der Waals surface area contributed by atoms with Crippen LogP contribution in [0.25, 0.3) is 0 Å². The molecule has 1 heterocycles. The first-order valence-electron chi connectivity index (χ1n) is 7.31. The number of carbonyl (C=O) groups excluding carboxylic acids is 1. The largest absolute Gasteiger partial charge is 0.349 e. The molecule has 0 atom stereocenters. The highest BCUT2D eigenvalue weighted by Gasteiger charge is 2.33. The number of aromatic nitrogens is 1. The van der Waals surface area contributed by atoms with Crippen molar-refractivity contribution in [2.75, 3.05) is 6.54 Å². The van der Waals surface area contributed by atoms with Crippen molar-refractivity contribution in [2.45, 2.75) is 63.8 Å². The maximum absolute atomic E-state index is 12.2. The van der Waals surface area contributed by atoms with Gasteiger partial charge in [0.1, 0.15) is 0 Å². The van der Waals surface area contributed by atoms with Crippen LogP contribution in [-0.2, 0) is 16.6 Å². The lowest BCUT2D eigenvalue weighted by molar-refractivity contribution is -0.122. The van der Waals surface area contributed by atoms with Gasteiger partial charge in [0.15, 0.2) is 0 Å². The monoisotopic (exact) mass is 295 g/mol. The van der Waals surface area contributed by atoms with Crippen LogP contribution in [0.3, 0.4) is 0 Å². The number of amides is 1. The van der Waals surface area contributed by atoms with E-state index in [2.05, 4.69) is 31.1 Å². The fourth-order valence-electron chi connectivity index (χ4n) is 2.67. The molecule has 1 amide bonds. The lowest BCUT2D eigenvalue weighted by atomic mass is 9.97. The van der Waals surface area contributed by atoms with Crippen molar-refractivity contribution in [3.63, 3.8) is 0 Å². The van der Waals surface area contributed by atoms with E-state index in [1.807, 2.05) is 5.38 Å². The first kappa shape index (κ1) is 15.4. The quantitative estimate of drug-likeness (QED) is 0.896. The summed E-state index contributed by atoms with van der Waals surface area (Å²) >= 11 is 1.63. The number of nitrogens with zero attached hydrogens (tertiary/aromatic N) is 1. The second kappa shape index (κ2) is 5.82. The summed E-state index contributed by atoms with van der Waals surface area (Å²) in [6, 6.07) is 0. The van der Waals surface area contributed by atoms with Crippen LogP contribution in [-0.4, -0.2) is 23.0 Å². The molecule has 4 nitrogen and oxygen atoms in total. The van der Waals surface area contributed by atoms with Gasteiger partial charge < -0.3 is 11.1 Å². The van der Waals surface area contributed by atoms with Crippen LogP contribution in [0, 0.1) is 0 Å². The molecule has 0 unspecified atom stereocenters. The molecule has 2 rings (SSSR count). The lowest BCUT2D eigenvalue weighted by Gasteiger charge is -2.28. The van der Waals surface area contributed by atoms with Gasteiger partial charge in [0.2, 0.25) is 5.91 Å². The average Bonchev–Trinajstić information content (AvgIpc) is 2.98. The molecule has 0 aliphatic heterocycles. The van der Waals surface area contributed by atoms with Crippen molar-refractivity contribution in [1.29, 1.82) is 0 Å². The lowest BCUT2D eigenvalue weighted by Crippen LogP contribution is -2.52. The molecular weight excluding hydrogens is 270 g/mol. The minimum absolute atomic E-state index is 0.0445. The Morgan fingerprint density at radius 3 is 2.60 bits per heavy atom. The summed E-state index contributed by atoms with van der Waals surface area (Å²) in [6.45, 7) is 6.94. The first-order valence-corrected chi connectivity index (χ1v) is 8.19. The molecule has 0 radical (unpaired) electrons. The zero-order valence-corrected chi connectivity index (χ0v) is 13.5. The predicted molar refractivity (Wildman–Crippen MR) is 82.9 cm³/mol. The van der Waals surface area contributed by atoms with Crippen LogP contribution < -0.4 is 11.1 Å². The van der Waals surface area contributed by atoms with Crippen molar-refractivity contribution in [3.05, 3.63) is 16.1 Å². The van der Waals surface area contributed by atoms with E-state index in [4.69, 9.17) is 5.73 Å². The molecule has 1 saturated carbocycles. The highest BCUT2D eigenvalue weighted by molar-refractivity contribution is 7.09. The van der Waals surface area contributed by atoms with Gasteiger partial charge in [-0.05, 0) is 12.8 Å². The van der Waals surface area contributed by atoms with Gasteiger partial charge in [0.25, 0.3) is 0 Å². The topological polar surface area (TPSA) is 68.0 Å². The molecule has 0 spiro atoms. The summed E-state index contributed by atoms with van der Waals surface area (Å²) in [6.07, 6.45) is 4.66. The van der Waals surface area contributed by atoms with E-state index < -0.39 is 0 Å². The molecule has 0 bridgehead atoms. The molecule has 0 saturated heterocycles. The van der Waals surface area contributed by atoms with Gasteiger partial charge in [-0.15, -0.1) is 11.3 Å². The van der Waals surface area contributed by atoms with Crippen LogP contribution in [0.5, 0.6) is 0 Å². The second-order valence-electron chi connectivity index (χ2n) is 6.81. The summed E-state index contributed by atoms with van der Waals surface area (Å²) in [5.41, 5.74) is 6.59. The Balaban J connectivity index is 1.96. The summed E-state index contributed by atoms with van der Waals surface area (Å²) in [5, 5.41) is 6.21. The smallest absolute Gasteiger partial charge is 0.226 e. The van der Waals surface area contributed by atoms with Crippen LogP contribution in [0.15, 0.2) is 5.38 Å². The van der Waals surface area contributed by atoms with Crippen LogP contribution in [0.4, 0.5) is 0 Å². The number of thiazole rings is 1. The molecule has 1 fully saturated rings. The van der Waals surface area contributed by atoms with Gasteiger partial charge in [-0.25, -0.2) is 4.98 Å². The zero-order chi connectivity index (χ0) is 14.8. The Morgan fingerprint density at radius 2 is 2.10 bits per heavy atom. The van der Waals surface area contributed by atoms with Crippen molar-refractivity contribution < 1.29 is 4.79 Å². The fraction of sp³-hybridized carbons (Fsp3) is 0.733. The third-order valence-corrected chi connectivity index (χ3v) is 5.21. The number of hydrogen-bond donors (Lipinski definition) is 2. The van der Waals surface area contributed by atoms with Crippen molar-refractivity contribution in [1.82, 2.24) is 10.3 Å². The molecule has 1 aromatic rings. The Kier molecular flexibility index (Phi) is 4.49. The van der Waals surface area contributed by atoms with Crippen molar-refractivity contribution >= 4 is 17.2 Å². The molecule has 20 heavy (non-hydrogen) atoms. The van der Waals surface area contributed by atoms with Crippen LogP contribution >= 0.6 is 11.3 Å². The summed E-state index contributed by atoms with van der Waals surface area (Å²) in [7, 11) is 0. The minimum atomic E-state index is -0.167. The highest BCUT2D eigenvalue weighted by Crippen LogP contribution is 2.29. The number of carbonyl (C=O) groups is 1. The van der Waals surface area contributed by atoms with Crippen molar-refractivity contribution in [2.24, 2.45) is 5.73 Å². The molecule has 5 heteroatoms. The standard InChI is InChI=1S/C15H25N3OS/c1-14(2,3)13-17-11(9-20-13)8-12(19)18-15(10-16)6-4-5-7-15/h9H,4-8,10,16H2,1-3H3,(H,18,19). The number of hydrogen-bond acceptors (Lipinski definition) is 4. The third kappa shape index (κ3) is 3.58. The fourth-order valence-corrected chi connectivity index (χ4v) is 3.58. The molecule has 1 aliphatic carbocycles. The zero-order valence-electron chi connectivity index (χ0n) is 12.7. The Labute approximate surface area is 125 Å². The van der Waals surface area contributed by atoms with Gasteiger partial charge in [0, 0.05) is 17.3 Å². The predicted octanol–water partition coefficient (Wildman–Crippen LogP) is 2.37. The van der Waals surface area contributed by atoms with E-state index in [9.17, 15) is 4.79 Å². The summed E-state index contributed by atoms with van der Waals surface area (Å²) in [5.74, 6) is 0.0445. The Hall–Kier alpha value is -0.940. The van der Waals surface area contributed by atoms with E-state index in [-0.39, 0.29) is 16.9 Å². The van der Waals surface area contributed by atoms with Gasteiger partial charge >= 0.3 is 0 Å². The maximum atomic E-state index is 12.2. The molecule has 112 valence electrons. The third-order valence-electron chi connectivity index (χ3n) is 3.89. The number of rotatable bonds is 4. The van der Waals surface area contributed by atoms with Gasteiger partial charge in [-0.1, -0.05) is 33.6 Å². The molecular formula is C15H25N3OS. The first-order chi connectivity index (χ1) is 9.35. The number of nitrogens with one attached hydrogen (secondary N) is 1. The second-order valence-corrected chi connectivity index (χ2v) is 7.67. The van der Waals surface area contributed by atoms with E-state index in [1.165, 1.54) is 0 Å². The van der Waals surface area contributed by atoms with Gasteiger partial charge in [0.05, 0.1) is 22.7 Å². The molecule has 3 N–H and O–H groups in total. The van der Waals surface area contributed by atoms with E-state index in [0.717, 1.165) is 36.4 Å². The Morgan fingerprint density at radius 1 is 1.45 bits per heavy atom. The van der Waals surface area contributed by atoms with Crippen LogP contribution in [0.2, 0.25) is 0 Å². The number of nitrogens with two attached hydrogens (primary N) is 1. The molecule has 1 aromatic heterocycles. The molecule has 0 aromatic carbocycles. The average molecular weight is 295 g/mol. The van der Waals surface area contributed by atoms with E-state index >= 15 is 0 Å². The SMILES string of the molecule is CC(C)(C)c1nc(CC(=O)NC2(CN)CCCC2)cs1. The molecule has 1 aliphatic rings. The summed E-state index contributed by atoms with van der Waals surface area (Å²) in [4.78, 5) is 16.8. The maximum Gasteiger partial charge on any atom is 0.226 e. The Bertz CT molecular complexity index is 470. The minimum Gasteiger partial charge on any atom is -0.349 e. The highest BCUT2D eigenvalue weighted by atomic mass is 32.1. The van der Waals surface area contributed by atoms with Crippen molar-refractivity contribution in [3.8, 4) is 0 Å². The normalized spacial score (nSPS) is 18.2. The van der Waals surface area contributed by atoms with E-state index in [0.29, 0.717) is 13.0 Å².